The molecule has 0 radical (unpaired) electrons. The normalized spacial score (nSPS) is 20.0. The number of allylic oxidation sites excluding steroid dienone is 3. The van der Waals surface area contributed by atoms with Gasteiger partial charge in [0.25, 0.3) is 0 Å². The summed E-state index contributed by atoms with van der Waals surface area (Å²) >= 11 is 11.8. The molecule has 1 aromatic rings. The molecule has 1 aliphatic carbocycles. The van der Waals surface area contributed by atoms with Crippen molar-refractivity contribution < 1.29 is 14.3 Å². The summed E-state index contributed by atoms with van der Waals surface area (Å²) in [6.07, 6.45) is 6.52. The van der Waals surface area contributed by atoms with Crippen LogP contribution in [-0.4, -0.2) is 17.1 Å². The average Bonchev–Trinajstić information content (AvgIpc) is 2.46. The topological polar surface area (TPSA) is 63.3 Å². The van der Waals surface area contributed by atoms with Crippen LogP contribution in [-0.2, 0) is 4.79 Å². The smallest absolute Gasteiger partial charge is 0.303 e. The van der Waals surface area contributed by atoms with Crippen LogP contribution in [0, 0.1) is 11.7 Å². The van der Waals surface area contributed by atoms with E-state index >= 15 is 0 Å². The first-order valence-corrected chi connectivity index (χ1v) is 8.09. The Morgan fingerprint density at radius 2 is 2.13 bits per heavy atom. The monoisotopic (exact) mass is 357 g/mol. The fourth-order valence-corrected chi connectivity index (χ4v) is 3.24. The first-order valence-electron chi connectivity index (χ1n) is 7.34. The molecule has 0 amide bonds. The molecule has 0 aliphatic heterocycles. The molecule has 0 aromatic heterocycles. The van der Waals surface area contributed by atoms with Gasteiger partial charge in [-0.1, -0.05) is 35.4 Å². The summed E-state index contributed by atoms with van der Waals surface area (Å²) in [5, 5.41) is 9.89. The zero-order chi connectivity index (χ0) is 17.0. The highest BCUT2D eigenvalue weighted by atomic mass is 35.5. The second kappa shape index (κ2) is 7.95. The number of nitrogens with two attached hydrogens (primary N) is 1. The number of benzene rings is 1. The maximum absolute atomic E-state index is 13.7. The maximum Gasteiger partial charge on any atom is 0.303 e. The number of halogens is 3. The van der Waals surface area contributed by atoms with E-state index in [2.05, 4.69) is 0 Å². The molecule has 0 bridgehead atoms. The van der Waals surface area contributed by atoms with Crippen molar-refractivity contribution in [2.45, 2.75) is 31.2 Å². The standard InChI is InChI=1S/C17H18Cl2FNO2/c18-12-3-1-10(2-4-12)17(21)15(5-6-16(22)23)11-7-13(19)9-14(20)8-11/h1,3-4,7-10,15,17H,2,5-6,21H2,(H,22,23). The van der Waals surface area contributed by atoms with E-state index in [1.807, 2.05) is 12.2 Å². The van der Waals surface area contributed by atoms with Crippen LogP contribution >= 0.6 is 23.2 Å². The highest BCUT2D eigenvalue weighted by Gasteiger charge is 2.27. The molecule has 0 saturated heterocycles. The molecular formula is C17H18Cl2FNO2. The number of carboxylic acid groups (broad SMARTS) is 1. The summed E-state index contributed by atoms with van der Waals surface area (Å²) < 4.78 is 13.7. The lowest BCUT2D eigenvalue weighted by molar-refractivity contribution is -0.137. The zero-order valence-electron chi connectivity index (χ0n) is 12.4. The molecule has 3 atom stereocenters. The third-order valence-corrected chi connectivity index (χ3v) is 4.53. The van der Waals surface area contributed by atoms with Crippen LogP contribution in [0.2, 0.25) is 5.02 Å². The van der Waals surface area contributed by atoms with Gasteiger partial charge in [-0.15, -0.1) is 0 Å². The molecule has 0 spiro atoms. The zero-order valence-corrected chi connectivity index (χ0v) is 13.9. The molecule has 3 N–H and O–H groups in total. The molecule has 3 nitrogen and oxygen atoms in total. The van der Waals surface area contributed by atoms with Gasteiger partial charge >= 0.3 is 5.97 Å². The Hall–Kier alpha value is -1.36. The first kappa shape index (κ1) is 18.0. The Labute approximate surface area is 144 Å². The predicted octanol–water partition coefficient (Wildman–Crippen LogP) is 4.45. The third-order valence-electron chi connectivity index (χ3n) is 4.03. The van der Waals surface area contributed by atoms with Gasteiger partial charge in [0.15, 0.2) is 0 Å². The van der Waals surface area contributed by atoms with E-state index in [0.29, 0.717) is 23.4 Å². The van der Waals surface area contributed by atoms with Crippen LogP contribution < -0.4 is 5.73 Å². The van der Waals surface area contributed by atoms with Gasteiger partial charge in [0.2, 0.25) is 0 Å². The number of hydrogen-bond donors (Lipinski definition) is 2. The van der Waals surface area contributed by atoms with Gasteiger partial charge in [-0.25, -0.2) is 4.39 Å². The summed E-state index contributed by atoms with van der Waals surface area (Å²) in [7, 11) is 0. The molecule has 124 valence electrons. The van der Waals surface area contributed by atoms with E-state index in [1.165, 1.54) is 12.1 Å². The molecule has 0 saturated carbocycles. The quantitative estimate of drug-likeness (QED) is 0.790. The first-order chi connectivity index (χ1) is 10.9. The Balaban J connectivity index is 2.26. The Morgan fingerprint density at radius 1 is 1.39 bits per heavy atom. The summed E-state index contributed by atoms with van der Waals surface area (Å²) in [6, 6.07) is 3.87. The van der Waals surface area contributed by atoms with Crippen molar-refractivity contribution >= 4 is 29.2 Å². The van der Waals surface area contributed by atoms with E-state index in [1.54, 1.807) is 12.1 Å². The fraction of sp³-hybridized carbons (Fsp3) is 0.353. The van der Waals surface area contributed by atoms with E-state index in [0.717, 1.165) is 0 Å². The average molecular weight is 358 g/mol. The lowest BCUT2D eigenvalue weighted by Gasteiger charge is -2.30. The van der Waals surface area contributed by atoms with Crippen LogP contribution in [0.25, 0.3) is 0 Å². The third kappa shape index (κ3) is 5.06. The van der Waals surface area contributed by atoms with Gasteiger partial charge in [-0.05, 0) is 48.6 Å². The van der Waals surface area contributed by atoms with E-state index in [4.69, 9.17) is 34.0 Å². The van der Waals surface area contributed by atoms with Crippen LogP contribution in [0.1, 0.15) is 30.7 Å². The second-order valence-electron chi connectivity index (χ2n) is 5.67. The number of hydrogen-bond acceptors (Lipinski definition) is 2. The van der Waals surface area contributed by atoms with Crippen molar-refractivity contribution in [1.82, 2.24) is 0 Å². The van der Waals surface area contributed by atoms with Crippen molar-refractivity contribution in [3.63, 3.8) is 0 Å². The molecule has 3 unspecified atom stereocenters. The van der Waals surface area contributed by atoms with E-state index in [-0.39, 0.29) is 29.3 Å². The maximum atomic E-state index is 13.7. The van der Waals surface area contributed by atoms with Crippen LogP contribution in [0.4, 0.5) is 4.39 Å². The van der Waals surface area contributed by atoms with Crippen LogP contribution in [0.3, 0.4) is 0 Å². The molecule has 23 heavy (non-hydrogen) atoms. The predicted molar refractivity (Wildman–Crippen MR) is 90.2 cm³/mol. The van der Waals surface area contributed by atoms with Crippen molar-refractivity contribution in [2.24, 2.45) is 11.7 Å². The van der Waals surface area contributed by atoms with Crippen molar-refractivity contribution in [3.8, 4) is 0 Å². The fourth-order valence-electron chi connectivity index (χ4n) is 2.84. The summed E-state index contributed by atoms with van der Waals surface area (Å²) in [5.41, 5.74) is 7.00. The highest BCUT2D eigenvalue weighted by molar-refractivity contribution is 6.31. The molecule has 2 rings (SSSR count). The number of rotatable bonds is 6. The molecular weight excluding hydrogens is 340 g/mol. The van der Waals surface area contributed by atoms with E-state index < -0.39 is 11.8 Å². The van der Waals surface area contributed by atoms with Crippen LogP contribution in [0.5, 0.6) is 0 Å². The minimum absolute atomic E-state index is 0.0123. The number of aliphatic carboxylic acids is 1. The Bertz CT molecular complexity index is 625. The Morgan fingerprint density at radius 3 is 2.70 bits per heavy atom. The van der Waals surface area contributed by atoms with Gasteiger partial charge in [-0.3, -0.25) is 4.79 Å². The minimum atomic E-state index is -0.910. The molecule has 6 heteroatoms. The van der Waals surface area contributed by atoms with Crippen molar-refractivity contribution in [2.75, 3.05) is 0 Å². The number of carboxylic acids is 1. The van der Waals surface area contributed by atoms with Gasteiger partial charge in [0.05, 0.1) is 0 Å². The Kier molecular flexibility index (Phi) is 6.22. The largest absolute Gasteiger partial charge is 0.481 e. The lowest BCUT2D eigenvalue weighted by atomic mass is 9.79. The van der Waals surface area contributed by atoms with Crippen molar-refractivity contribution in [1.29, 1.82) is 0 Å². The lowest BCUT2D eigenvalue weighted by Crippen LogP contribution is -2.36. The van der Waals surface area contributed by atoms with Gasteiger partial charge in [-0.2, -0.15) is 0 Å². The van der Waals surface area contributed by atoms with Crippen molar-refractivity contribution in [3.05, 3.63) is 57.9 Å². The highest BCUT2D eigenvalue weighted by Crippen LogP contribution is 2.33. The molecule has 0 fully saturated rings. The summed E-state index contributed by atoms with van der Waals surface area (Å²) in [4.78, 5) is 10.9. The second-order valence-corrected chi connectivity index (χ2v) is 6.54. The van der Waals surface area contributed by atoms with Gasteiger partial charge < -0.3 is 10.8 Å². The van der Waals surface area contributed by atoms with Gasteiger partial charge in [0, 0.05) is 28.4 Å². The summed E-state index contributed by atoms with van der Waals surface area (Å²) in [6.45, 7) is 0. The SMILES string of the molecule is NC(C1C=CC(Cl)=CC1)C(CCC(=O)O)c1cc(F)cc(Cl)c1. The number of carbonyl (C=O) groups is 1. The molecule has 1 aliphatic rings. The summed E-state index contributed by atoms with van der Waals surface area (Å²) in [5.74, 6) is -1.66. The molecule has 0 heterocycles. The van der Waals surface area contributed by atoms with Gasteiger partial charge in [0.1, 0.15) is 5.82 Å². The molecule has 1 aromatic carbocycles. The van der Waals surface area contributed by atoms with E-state index in [9.17, 15) is 9.18 Å². The minimum Gasteiger partial charge on any atom is -0.481 e. The van der Waals surface area contributed by atoms with Crippen LogP contribution in [0.15, 0.2) is 41.5 Å².